The number of nitrogens with zero attached hydrogens (tertiary/aromatic N) is 2. The van der Waals surface area contributed by atoms with Gasteiger partial charge in [-0.25, -0.2) is 0 Å². The van der Waals surface area contributed by atoms with E-state index in [9.17, 15) is 9.59 Å². The Morgan fingerprint density at radius 1 is 1.39 bits per heavy atom. The number of hydrogen-bond donors (Lipinski definition) is 3. The lowest BCUT2D eigenvalue weighted by atomic mass is 10.2. The third kappa shape index (κ3) is 6.61. The predicted molar refractivity (Wildman–Crippen MR) is 90.0 cm³/mol. The maximum Gasteiger partial charge on any atom is 0.251 e. The maximum absolute atomic E-state index is 12.1. The van der Waals surface area contributed by atoms with Crippen LogP contribution in [0.5, 0.6) is 0 Å². The van der Waals surface area contributed by atoms with Crippen molar-refractivity contribution in [3.63, 3.8) is 0 Å². The Morgan fingerprint density at radius 2 is 2.13 bits per heavy atom. The summed E-state index contributed by atoms with van der Waals surface area (Å²) in [4.78, 5) is 26.6. The second kappa shape index (κ2) is 9.20. The minimum atomic E-state index is -0.340. The van der Waals surface area contributed by atoms with E-state index in [1.165, 1.54) is 0 Å². The number of rotatable bonds is 6. The monoisotopic (exact) mass is 315 g/mol. The summed E-state index contributed by atoms with van der Waals surface area (Å²) < 4.78 is 0. The number of amides is 2. The summed E-state index contributed by atoms with van der Waals surface area (Å²) in [7, 11) is 0. The summed E-state index contributed by atoms with van der Waals surface area (Å²) in [5, 5.41) is 11.8. The van der Waals surface area contributed by atoms with Gasteiger partial charge in [0.2, 0.25) is 5.91 Å². The van der Waals surface area contributed by atoms with Crippen LogP contribution in [0, 0.1) is 6.57 Å². The van der Waals surface area contributed by atoms with E-state index < -0.39 is 0 Å². The van der Waals surface area contributed by atoms with E-state index in [0.717, 1.165) is 6.42 Å². The highest BCUT2D eigenvalue weighted by atomic mass is 16.2. The third-order valence-electron chi connectivity index (χ3n) is 3.08. The van der Waals surface area contributed by atoms with Crippen molar-refractivity contribution in [2.75, 3.05) is 11.9 Å². The summed E-state index contributed by atoms with van der Waals surface area (Å²) in [5.74, 6) is -0.125. The number of amidine groups is 1. The van der Waals surface area contributed by atoms with Gasteiger partial charge in [0.15, 0.2) is 5.84 Å². The lowest BCUT2D eigenvalue weighted by molar-refractivity contribution is -0.120. The summed E-state index contributed by atoms with van der Waals surface area (Å²) in [6, 6.07) is 6.83. The molecule has 1 unspecified atom stereocenters. The van der Waals surface area contributed by atoms with Crippen molar-refractivity contribution in [2.45, 2.75) is 33.2 Å². The van der Waals surface area contributed by atoms with Crippen LogP contribution in [0.25, 0.3) is 4.95 Å². The first-order valence-corrected chi connectivity index (χ1v) is 7.32. The van der Waals surface area contributed by atoms with Crippen molar-refractivity contribution < 1.29 is 9.59 Å². The molecule has 0 saturated carbocycles. The average Bonchev–Trinajstić information content (AvgIpc) is 2.52. The molecule has 0 bridgehead atoms. The largest absolute Gasteiger partial charge is 0.352 e. The van der Waals surface area contributed by atoms with Crippen LogP contribution in [0.4, 0.5) is 5.69 Å². The van der Waals surface area contributed by atoms with Crippen molar-refractivity contribution in [3.05, 3.63) is 41.4 Å². The minimum absolute atomic E-state index is 0.0704. The molecule has 1 rings (SSSR count). The molecule has 1 atom stereocenters. The number of nitrogens with one attached hydrogen (secondary N) is 3. The van der Waals surface area contributed by atoms with E-state index in [1.807, 2.05) is 13.8 Å². The van der Waals surface area contributed by atoms with Crippen LogP contribution in [0.15, 0.2) is 29.4 Å². The summed E-state index contributed by atoms with van der Waals surface area (Å²) in [5.41, 5.74) is 1.06. The van der Waals surface area contributed by atoms with E-state index in [4.69, 9.17) is 6.57 Å². The van der Waals surface area contributed by atoms with Crippen molar-refractivity contribution in [1.29, 1.82) is 0 Å². The van der Waals surface area contributed by atoms with Crippen LogP contribution in [0.2, 0.25) is 0 Å². The van der Waals surface area contributed by atoms with Gasteiger partial charge >= 0.3 is 0 Å². The molecule has 0 aliphatic rings. The lowest BCUT2D eigenvalue weighted by Crippen LogP contribution is -2.40. The van der Waals surface area contributed by atoms with Gasteiger partial charge in [-0.1, -0.05) is 13.0 Å². The quantitative estimate of drug-likeness (QED) is 0.325. The van der Waals surface area contributed by atoms with Gasteiger partial charge in [-0.2, -0.15) is 6.57 Å². The van der Waals surface area contributed by atoms with E-state index in [2.05, 4.69) is 26.0 Å². The zero-order valence-electron chi connectivity index (χ0n) is 13.5. The van der Waals surface area contributed by atoms with Crippen molar-refractivity contribution in [3.8, 4) is 0 Å². The van der Waals surface area contributed by atoms with Gasteiger partial charge in [0.25, 0.3) is 5.91 Å². The molecule has 0 spiro atoms. The lowest BCUT2D eigenvalue weighted by Gasteiger charge is -2.12. The predicted octanol–water partition coefficient (Wildman–Crippen LogP) is 2.00. The van der Waals surface area contributed by atoms with E-state index in [-0.39, 0.29) is 24.4 Å². The number of anilines is 1. The Labute approximate surface area is 136 Å². The molecule has 7 nitrogen and oxygen atoms in total. The smallest absolute Gasteiger partial charge is 0.251 e. The Kier molecular flexibility index (Phi) is 7.27. The number of hydrogen-bond acceptors (Lipinski definition) is 3. The fraction of sp³-hybridized carbons (Fsp3) is 0.375. The van der Waals surface area contributed by atoms with Crippen LogP contribution in [-0.2, 0) is 4.79 Å². The van der Waals surface area contributed by atoms with Gasteiger partial charge in [-0.05, 0) is 31.5 Å². The topological polar surface area (TPSA) is 87.0 Å². The first kappa shape index (κ1) is 18.2. The summed E-state index contributed by atoms with van der Waals surface area (Å²) >= 11 is 0. The molecule has 0 aliphatic heterocycles. The van der Waals surface area contributed by atoms with Crippen molar-refractivity contribution in [1.82, 2.24) is 10.6 Å². The molecule has 0 fully saturated rings. The van der Waals surface area contributed by atoms with Gasteiger partial charge in [-0.15, -0.1) is 4.95 Å². The zero-order valence-corrected chi connectivity index (χ0v) is 13.5. The van der Waals surface area contributed by atoms with Crippen LogP contribution >= 0.6 is 0 Å². The molecule has 0 radical (unpaired) electrons. The molecule has 2 amide bonds. The fourth-order valence-electron chi connectivity index (χ4n) is 1.74. The SMILES string of the molecule is [C-]#[N+]/N=C(/C)Nc1cccc(C(=O)NCC(=O)NC(C)CC)c1. The molecule has 0 heterocycles. The molecule has 23 heavy (non-hydrogen) atoms. The van der Waals surface area contributed by atoms with Crippen LogP contribution in [0.3, 0.4) is 0 Å². The van der Waals surface area contributed by atoms with Crippen LogP contribution < -0.4 is 16.0 Å². The number of benzene rings is 1. The normalized spacial score (nSPS) is 12.0. The molecule has 1 aromatic rings. The first-order chi connectivity index (χ1) is 11.0. The maximum atomic E-state index is 12.1. The highest BCUT2D eigenvalue weighted by molar-refractivity contribution is 5.99. The fourth-order valence-corrected chi connectivity index (χ4v) is 1.74. The molecule has 0 aliphatic carbocycles. The molecule has 3 N–H and O–H groups in total. The Morgan fingerprint density at radius 3 is 2.78 bits per heavy atom. The molecular weight excluding hydrogens is 294 g/mol. The highest BCUT2D eigenvalue weighted by Crippen LogP contribution is 2.10. The van der Waals surface area contributed by atoms with Gasteiger partial charge < -0.3 is 16.0 Å². The minimum Gasteiger partial charge on any atom is -0.352 e. The molecule has 7 heteroatoms. The van der Waals surface area contributed by atoms with E-state index in [1.54, 1.807) is 31.2 Å². The van der Waals surface area contributed by atoms with Gasteiger partial charge in [0, 0.05) is 24.2 Å². The first-order valence-electron chi connectivity index (χ1n) is 7.32. The Bertz CT molecular complexity index is 634. The Hall–Kier alpha value is -2.88. The van der Waals surface area contributed by atoms with Crippen LogP contribution in [-0.4, -0.2) is 30.2 Å². The molecule has 0 aromatic heterocycles. The third-order valence-corrected chi connectivity index (χ3v) is 3.08. The van der Waals surface area contributed by atoms with Gasteiger partial charge in [0.05, 0.1) is 6.54 Å². The van der Waals surface area contributed by atoms with E-state index >= 15 is 0 Å². The van der Waals surface area contributed by atoms with Gasteiger partial charge in [-0.3, -0.25) is 9.59 Å². The second-order valence-corrected chi connectivity index (χ2v) is 5.05. The molecule has 0 saturated heterocycles. The second-order valence-electron chi connectivity index (χ2n) is 5.05. The average molecular weight is 315 g/mol. The van der Waals surface area contributed by atoms with Gasteiger partial charge in [0.1, 0.15) is 5.10 Å². The van der Waals surface area contributed by atoms with E-state index in [0.29, 0.717) is 17.1 Å². The summed E-state index contributed by atoms with van der Waals surface area (Å²) in [6.45, 7) is 12.1. The molecule has 122 valence electrons. The number of carbonyl (C=O) groups excluding carboxylic acids is 2. The Balaban J connectivity index is 2.62. The standard InChI is InChI=1S/C16H21N5O2/c1-5-11(2)19-15(22)10-18-16(23)13-7-6-8-14(9-13)20-12(3)21-17-4/h6-9,11H,5,10H2,1-3H3,(H,18,23)(H,19,22)(H,20,21). The van der Waals surface area contributed by atoms with Crippen molar-refractivity contribution in [2.24, 2.45) is 5.10 Å². The highest BCUT2D eigenvalue weighted by Gasteiger charge is 2.10. The van der Waals surface area contributed by atoms with Crippen molar-refractivity contribution >= 4 is 23.3 Å². The van der Waals surface area contributed by atoms with Crippen LogP contribution in [0.1, 0.15) is 37.6 Å². The summed E-state index contributed by atoms with van der Waals surface area (Å²) in [6.07, 6.45) is 0.832. The zero-order chi connectivity index (χ0) is 17.2. The molecule has 1 aromatic carbocycles. The molecular formula is C16H21N5O2. The number of carbonyl (C=O) groups is 2.